The molecule has 0 aliphatic carbocycles. The van der Waals surface area contributed by atoms with Crippen LogP contribution in [0.2, 0.25) is 0 Å². The fourth-order valence-corrected chi connectivity index (χ4v) is 5.43. The number of hydrogen-bond acceptors (Lipinski definition) is 6. The van der Waals surface area contributed by atoms with E-state index in [-0.39, 0.29) is 55.6 Å². The fourth-order valence-electron chi connectivity index (χ4n) is 3.83. The highest BCUT2D eigenvalue weighted by atomic mass is 32.2. The summed E-state index contributed by atoms with van der Waals surface area (Å²) in [5.41, 5.74) is 0.479. The smallest absolute Gasteiger partial charge is 0.314 e. The first-order valence-corrected chi connectivity index (χ1v) is 12.6. The quantitative estimate of drug-likeness (QED) is 0.447. The van der Waals surface area contributed by atoms with Gasteiger partial charge in [-0.05, 0) is 24.3 Å². The maximum absolute atomic E-state index is 15.1. The van der Waals surface area contributed by atoms with Crippen LogP contribution < -0.4 is 4.31 Å². The first-order valence-electron chi connectivity index (χ1n) is 11.2. The summed E-state index contributed by atoms with van der Waals surface area (Å²) in [5, 5.41) is 6.74. The molecule has 4 rings (SSSR count). The summed E-state index contributed by atoms with van der Waals surface area (Å²) in [6, 6.07) is 12.1. The van der Waals surface area contributed by atoms with Gasteiger partial charge in [-0.25, -0.2) is 4.39 Å². The van der Waals surface area contributed by atoms with E-state index in [0.717, 1.165) is 10.4 Å². The first kappa shape index (κ1) is 25.6. The average Bonchev–Trinajstić information content (AvgIpc) is 3.39. The molecule has 0 saturated carbocycles. The van der Waals surface area contributed by atoms with Crippen LogP contribution in [0, 0.1) is 5.82 Å². The number of para-hydroxylation sites is 1. The molecule has 1 amide bonds. The Morgan fingerprint density at radius 3 is 2.36 bits per heavy atom. The number of piperazine rings is 1. The summed E-state index contributed by atoms with van der Waals surface area (Å²) in [4.78, 5) is 13.6. The predicted octanol–water partition coefficient (Wildman–Crippen LogP) is 3.62. The molecule has 1 saturated heterocycles. The summed E-state index contributed by atoms with van der Waals surface area (Å²) in [6.07, 6.45) is -2.62. The van der Waals surface area contributed by atoms with Gasteiger partial charge in [0.15, 0.2) is 0 Å². The number of anilines is 1. The second kappa shape index (κ2) is 10.7. The lowest BCUT2D eigenvalue weighted by Crippen LogP contribution is -2.54. The third kappa shape index (κ3) is 5.36. The molecule has 0 atom stereocenters. The number of benzene rings is 2. The van der Waals surface area contributed by atoms with Crippen molar-refractivity contribution >= 4 is 21.8 Å². The summed E-state index contributed by atoms with van der Waals surface area (Å²) in [5.74, 6) is -1.96. The van der Waals surface area contributed by atoms with Crippen LogP contribution in [0.25, 0.3) is 11.5 Å². The van der Waals surface area contributed by atoms with Crippen LogP contribution in [0.15, 0.2) is 52.9 Å². The van der Waals surface area contributed by atoms with Crippen LogP contribution in [-0.4, -0.2) is 59.9 Å². The number of halogens is 3. The SMILES string of the molecule is CCC(=O)N1CCN(S(=O)(=O)N(Cc2ccc(-c3nnc(C(F)F)o3)cc2F)c2ccccc2)CC1. The topological polar surface area (TPSA) is 99.9 Å². The zero-order valence-electron chi connectivity index (χ0n) is 19.3. The number of aromatic nitrogens is 2. The van der Waals surface area contributed by atoms with Crippen molar-refractivity contribution in [3.63, 3.8) is 0 Å². The van der Waals surface area contributed by atoms with E-state index in [4.69, 9.17) is 4.42 Å². The van der Waals surface area contributed by atoms with Gasteiger partial charge in [-0.2, -0.15) is 21.5 Å². The lowest BCUT2D eigenvalue weighted by atomic mass is 10.1. The second-order valence-electron chi connectivity index (χ2n) is 8.04. The lowest BCUT2D eigenvalue weighted by Gasteiger charge is -2.37. The van der Waals surface area contributed by atoms with Crippen molar-refractivity contribution in [1.82, 2.24) is 19.4 Å². The van der Waals surface area contributed by atoms with E-state index in [0.29, 0.717) is 12.1 Å². The minimum absolute atomic E-state index is 0.0453. The highest BCUT2D eigenvalue weighted by Gasteiger charge is 2.34. The van der Waals surface area contributed by atoms with Crippen LogP contribution in [0.5, 0.6) is 0 Å². The van der Waals surface area contributed by atoms with Gasteiger partial charge < -0.3 is 9.32 Å². The summed E-state index contributed by atoms with van der Waals surface area (Å²) < 4.78 is 75.0. The van der Waals surface area contributed by atoms with E-state index < -0.39 is 28.3 Å². The van der Waals surface area contributed by atoms with Crippen LogP contribution >= 0.6 is 0 Å². The highest BCUT2D eigenvalue weighted by Crippen LogP contribution is 2.28. The van der Waals surface area contributed by atoms with E-state index in [9.17, 15) is 22.0 Å². The molecule has 3 aromatic rings. The normalized spacial score (nSPS) is 14.9. The Hall–Kier alpha value is -3.45. The minimum atomic E-state index is -4.08. The molecule has 2 aromatic carbocycles. The number of amides is 1. The largest absolute Gasteiger partial charge is 0.415 e. The maximum atomic E-state index is 15.1. The monoisotopic (exact) mass is 523 g/mol. The van der Waals surface area contributed by atoms with Crippen molar-refractivity contribution in [3.8, 4) is 11.5 Å². The molecule has 1 aliphatic rings. The van der Waals surface area contributed by atoms with Crippen LogP contribution in [0.4, 0.5) is 18.9 Å². The van der Waals surface area contributed by atoms with E-state index >= 15 is 4.39 Å². The molecule has 1 aliphatic heterocycles. The Morgan fingerprint density at radius 2 is 1.78 bits per heavy atom. The molecule has 9 nitrogen and oxygen atoms in total. The van der Waals surface area contributed by atoms with Crippen molar-refractivity contribution in [3.05, 3.63) is 65.8 Å². The second-order valence-corrected chi connectivity index (χ2v) is 9.89. The number of carbonyl (C=O) groups is 1. The highest BCUT2D eigenvalue weighted by molar-refractivity contribution is 7.90. The third-order valence-corrected chi connectivity index (χ3v) is 7.70. The lowest BCUT2D eigenvalue weighted by molar-refractivity contribution is -0.132. The molecule has 0 bridgehead atoms. The zero-order chi connectivity index (χ0) is 25.9. The summed E-state index contributed by atoms with van der Waals surface area (Å²) in [7, 11) is -4.08. The number of hydrogen-bond donors (Lipinski definition) is 0. The molecule has 0 N–H and O–H groups in total. The van der Waals surface area contributed by atoms with Gasteiger partial charge >= 0.3 is 16.6 Å². The van der Waals surface area contributed by atoms with Gasteiger partial charge in [-0.1, -0.05) is 31.2 Å². The van der Waals surface area contributed by atoms with Gasteiger partial charge in [0.1, 0.15) is 5.82 Å². The van der Waals surface area contributed by atoms with Gasteiger partial charge in [-0.15, -0.1) is 10.2 Å². The van der Waals surface area contributed by atoms with Crippen molar-refractivity contribution in [1.29, 1.82) is 0 Å². The summed E-state index contributed by atoms with van der Waals surface area (Å²) in [6.45, 7) is 2.19. The van der Waals surface area contributed by atoms with Gasteiger partial charge in [0.25, 0.3) is 5.89 Å². The van der Waals surface area contributed by atoms with Crippen molar-refractivity contribution < 1.29 is 30.8 Å². The minimum Gasteiger partial charge on any atom is -0.415 e. The number of nitrogens with zero attached hydrogens (tertiary/aromatic N) is 5. The molecule has 0 radical (unpaired) electrons. The van der Waals surface area contributed by atoms with Crippen LogP contribution in [0.1, 0.15) is 31.2 Å². The number of rotatable bonds is 8. The molecule has 13 heteroatoms. The Bertz CT molecular complexity index is 1310. The molecule has 192 valence electrons. The third-order valence-electron chi connectivity index (χ3n) is 5.78. The van der Waals surface area contributed by atoms with E-state index in [1.165, 1.54) is 16.4 Å². The Kier molecular flexibility index (Phi) is 7.59. The summed E-state index contributed by atoms with van der Waals surface area (Å²) >= 11 is 0. The van der Waals surface area contributed by atoms with Gasteiger partial charge in [-0.3, -0.25) is 9.10 Å². The van der Waals surface area contributed by atoms with E-state index in [1.807, 2.05) is 0 Å². The van der Waals surface area contributed by atoms with Gasteiger partial charge in [0, 0.05) is 43.7 Å². The van der Waals surface area contributed by atoms with E-state index in [1.54, 1.807) is 42.2 Å². The predicted molar refractivity (Wildman–Crippen MR) is 125 cm³/mol. The fraction of sp³-hybridized carbons (Fsp3) is 0.348. The van der Waals surface area contributed by atoms with Crippen LogP contribution in [0.3, 0.4) is 0 Å². The van der Waals surface area contributed by atoms with Crippen molar-refractivity contribution in [2.24, 2.45) is 0 Å². The number of carbonyl (C=O) groups excluding carboxylic acids is 1. The molecule has 0 spiro atoms. The van der Waals surface area contributed by atoms with Crippen molar-refractivity contribution in [2.75, 3.05) is 30.5 Å². The maximum Gasteiger partial charge on any atom is 0.314 e. The number of alkyl halides is 2. The van der Waals surface area contributed by atoms with E-state index in [2.05, 4.69) is 10.2 Å². The Labute approximate surface area is 206 Å². The standard InChI is InChI=1S/C23H24F3N5O4S/c1-2-20(32)29-10-12-30(13-11-29)36(33,34)31(18-6-4-3-5-7-18)15-17-9-8-16(14-19(17)24)22-27-28-23(35-22)21(25)26/h3-9,14,21H,2,10-13,15H2,1H3. The van der Waals surface area contributed by atoms with Crippen molar-refractivity contribution in [2.45, 2.75) is 26.3 Å². The van der Waals surface area contributed by atoms with Gasteiger partial charge in [0.2, 0.25) is 11.8 Å². The van der Waals surface area contributed by atoms with Crippen LogP contribution in [-0.2, 0) is 21.5 Å². The molecule has 1 aromatic heterocycles. The Morgan fingerprint density at radius 1 is 1.08 bits per heavy atom. The molecular weight excluding hydrogens is 499 g/mol. The zero-order valence-corrected chi connectivity index (χ0v) is 20.2. The molecule has 36 heavy (non-hydrogen) atoms. The molecule has 0 unspecified atom stereocenters. The molecule has 2 heterocycles. The van der Waals surface area contributed by atoms with Gasteiger partial charge in [0.05, 0.1) is 12.2 Å². The average molecular weight is 524 g/mol. The molecule has 1 fully saturated rings. The Balaban J connectivity index is 1.60. The molecular formula is C23H24F3N5O4S. The first-order chi connectivity index (χ1) is 17.2.